The van der Waals surface area contributed by atoms with Gasteiger partial charge in [-0.1, -0.05) is 18.5 Å². The quantitative estimate of drug-likeness (QED) is 0.793. The summed E-state index contributed by atoms with van der Waals surface area (Å²) < 4.78 is 16.0. The average molecular weight is 309 g/mol. The first-order valence-electron chi connectivity index (χ1n) is 6.46. The van der Waals surface area contributed by atoms with Gasteiger partial charge in [0.25, 0.3) is 0 Å². The molecule has 1 heterocycles. The second kappa shape index (κ2) is 6.63. The standard InChI is InChI=1S/C15H17ClN2O3/c1-5-10-8-13(16)18-15(17-10)9-6-11(19-2)14(21-4)12(7-9)20-3/h6-8H,5H2,1-4H3. The Kier molecular flexibility index (Phi) is 4.85. The van der Waals surface area contributed by atoms with Crippen molar-refractivity contribution in [2.45, 2.75) is 13.3 Å². The number of hydrogen-bond acceptors (Lipinski definition) is 5. The number of aryl methyl sites for hydroxylation is 1. The second-order valence-electron chi connectivity index (χ2n) is 4.27. The van der Waals surface area contributed by atoms with Crippen molar-refractivity contribution in [1.29, 1.82) is 0 Å². The molecule has 5 nitrogen and oxygen atoms in total. The lowest BCUT2D eigenvalue weighted by atomic mass is 10.1. The van der Waals surface area contributed by atoms with E-state index in [0.717, 1.165) is 17.7 Å². The number of methoxy groups -OCH3 is 3. The Labute approximate surface area is 128 Å². The smallest absolute Gasteiger partial charge is 0.203 e. The molecule has 0 saturated carbocycles. The lowest BCUT2D eigenvalue weighted by Crippen LogP contribution is -1.99. The number of ether oxygens (including phenoxy) is 3. The second-order valence-corrected chi connectivity index (χ2v) is 4.66. The van der Waals surface area contributed by atoms with E-state index < -0.39 is 0 Å². The molecule has 0 spiro atoms. The van der Waals surface area contributed by atoms with Crippen molar-refractivity contribution >= 4 is 11.6 Å². The maximum Gasteiger partial charge on any atom is 0.203 e. The van der Waals surface area contributed by atoms with Crippen molar-refractivity contribution in [3.05, 3.63) is 29.0 Å². The highest BCUT2D eigenvalue weighted by Crippen LogP contribution is 2.40. The summed E-state index contributed by atoms with van der Waals surface area (Å²) in [5.74, 6) is 2.15. The van der Waals surface area contributed by atoms with Crippen LogP contribution in [0.25, 0.3) is 11.4 Å². The van der Waals surface area contributed by atoms with Crippen LogP contribution in [0.5, 0.6) is 17.2 Å². The van der Waals surface area contributed by atoms with E-state index in [9.17, 15) is 0 Å². The molecule has 0 aliphatic rings. The molecule has 0 fully saturated rings. The van der Waals surface area contributed by atoms with Gasteiger partial charge in [-0.3, -0.25) is 0 Å². The third kappa shape index (κ3) is 3.19. The summed E-state index contributed by atoms with van der Waals surface area (Å²) >= 11 is 6.05. The van der Waals surface area contributed by atoms with Gasteiger partial charge in [0.05, 0.1) is 21.3 Å². The van der Waals surface area contributed by atoms with Gasteiger partial charge >= 0.3 is 0 Å². The maximum atomic E-state index is 6.05. The molecule has 0 aliphatic heterocycles. The minimum atomic E-state index is 0.408. The van der Waals surface area contributed by atoms with Gasteiger partial charge in [0, 0.05) is 11.3 Å². The minimum Gasteiger partial charge on any atom is -0.493 e. The Balaban J connectivity index is 2.61. The Morgan fingerprint density at radius 1 is 0.952 bits per heavy atom. The Morgan fingerprint density at radius 2 is 1.57 bits per heavy atom. The summed E-state index contributed by atoms with van der Waals surface area (Å²) in [5, 5.41) is 0.408. The molecule has 2 aromatic rings. The predicted octanol–water partition coefficient (Wildman–Crippen LogP) is 3.39. The van der Waals surface area contributed by atoms with Gasteiger partial charge in [0.15, 0.2) is 17.3 Å². The fourth-order valence-corrected chi connectivity index (χ4v) is 2.19. The zero-order valence-corrected chi connectivity index (χ0v) is 13.2. The number of benzene rings is 1. The van der Waals surface area contributed by atoms with Gasteiger partial charge in [-0.25, -0.2) is 9.97 Å². The van der Waals surface area contributed by atoms with Crippen LogP contribution in [0.3, 0.4) is 0 Å². The molecule has 1 aromatic carbocycles. The molecule has 0 aliphatic carbocycles. The molecule has 6 heteroatoms. The third-order valence-electron chi connectivity index (χ3n) is 3.03. The van der Waals surface area contributed by atoms with Crippen LogP contribution in [0.4, 0.5) is 0 Å². The monoisotopic (exact) mass is 308 g/mol. The van der Waals surface area contributed by atoms with Gasteiger partial charge in [0.1, 0.15) is 5.15 Å². The Hall–Kier alpha value is -2.01. The minimum absolute atomic E-state index is 0.408. The summed E-state index contributed by atoms with van der Waals surface area (Å²) in [4.78, 5) is 8.74. The molecular formula is C15H17ClN2O3. The number of halogens is 1. The van der Waals surface area contributed by atoms with Gasteiger partial charge in [-0.05, 0) is 24.6 Å². The highest BCUT2D eigenvalue weighted by Gasteiger charge is 2.16. The van der Waals surface area contributed by atoms with Crippen LogP contribution in [-0.2, 0) is 6.42 Å². The fourth-order valence-electron chi connectivity index (χ4n) is 1.98. The molecule has 2 rings (SSSR count). The summed E-state index contributed by atoms with van der Waals surface area (Å²) in [6.07, 6.45) is 0.777. The largest absolute Gasteiger partial charge is 0.493 e. The lowest BCUT2D eigenvalue weighted by molar-refractivity contribution is 0.324. The summed E-state index contributed by atoms with van der Waals surface area (Å²) in [6, 6.07) is 5.35. The van der Waals surface area contributed by atoms with E-state index >= 15 is 0 Å². The molecule has 1 aromatic heterocycles. The SMILES string of the molecule is CCc1cc(Cl)nc(-c2cc(OC)c(OC)c(OC)c2)n1. The highest BCUT2D eigenvalue weighted by atomic mass is 35.5. The van der Waals surface area contributed by atoms with Gasteiger partial charge in [-0.15, -0.1) is 0 Å². The van der Waals surface area contributed by atoms with Crippen molar-refractivity contribution in [2.24, 2.45) is 0 Å². The summed E-state index contributed by atoms with van der Waals surface area (Å²) in [6.45, 7) is 2.01. The average Bonchev–Trinajstić information content (AvgIpc) is 2.52. The van der Waals surface area contributed by atoms with E-state index in [4.69, 9.17) is 25.8 Å². The van der Waals surface area contributed by atoms with Crippen molar-refractivity contribution in [3.8, 4) is 28.6 Å². The number of hydrogen-bond donors (Lipinski definition) is 0. The Bertz CT molecular complexity index is 622. The third-order valence-corrected chi connectivity index (χ3v) is 3.23. The van der Waals surface area contributed by atoms with Crippen LogP contribution in [0.2, 0.25) is 5.15 Å². The van der Waals surface area contributed by atoms with Crippen LogP contribution >= 0.6 is 11.6 Å². The number of nitrogens with zero attached hydrogens (tertiary/aromatic N) is 2. The summed E-state index contributed by atoms with van der Waals surface area (Å²) in [5.41, 5.74) is 1.63. The molecule has 0 saturated heterocycles. The van der Waals surface area contributed by atoms with E-state index in [1.54, 1.807) is 39.5 Å². The molecule has 0 atom stereocenters. The fraction of sp³-hybridized carbons (Fsp3) is 0.333. The number of aromatic nitrogens is 2. The van der Waals surface area contributed by atoms with E-state index in [-0.39, 0.29) is 0 Å². The first-order valence-corrected chi connectivity index (χ1v) is 6.84. The van der Waals surface area contributed by atoms with Gasteiger partial charge in [0.2, 0.25) is 5.75 Å². The maximum absolute atomic E-state index is 6.05. The van der Waals surface area contributed by atoms with E-state index in [0.29, 0.717) is 28.2 Å². The first kappa shape index (κ1) is 15.4. The van der Waals surface area contributed by atoms with Gasteiger partial charge in [-0.2, -0.15) is 0 Å². The molecular weight excluding hydrogens is 292 g/mol. The van der Waals surface area contributed by atoms with E-state index in [1.165, 1.54) is 0 Å². The number of rotatable bonds is 5. The van der Waals surface area contributed by atoms with Crippen molar-refractivity contribution < 1.29 is 14.2 Å². The van der Waals surface area contributed by atoms with Crippen molar-refractivity contribution in [3.63, 3.8) is 0 Å². The molecule has 0 unspecified atom stereocenters. The van der Waals surface area contributed by atoms with Crippen LogP contribution in [-0.4, -0.2) is 31.3 Å². The van der Waals surface area contributed by atoms with Crippen LogP contribution in [0.1, 0.15) is 12.6 Å². The van der Waals surface area contributed by atoms with Crippen LogP contribution in [0.15, 0.2) is 18.2 Å². The lowest BCUT2D eigenvalue weighted by Gasteiger charge is -2.14. The van der Waals surface area contributed by atoms with Gasteiger partial charge < -0.3 is 14.2 Å². The molecule has 21 heavy (non-hydrogen) atoms. The van der Waals surface area contributed by atoms with Crippen LogP contribution in [0, 0.1) is 0 Å². The Morgan fingerprint density at radius 3 is 2.05 bits per heavy atom. The molecule has 112 valence electrons. The first-order chi connectivity index (χ1) is 10.1. The van der Waals surface area contributed by atoms with Crippen LogP contribution < -0.4 is 14.2 Å². The predicted molar refractivity (Wildman–Crippen MR) is 81.5 cm³/mol. The summed E-state index contributed by atoms with van der Waals surface area (Å²) in [7, 11) is 4.69. The molecule has 0 N–H and O–H groups in total. The molecule has 0 radical (unpaired) electrons. The van der Waals surface area contributed by atoms with E-state index in [1.807, 2.05) is 6.92 Å². The highest BCUT2D eigenvalue weighted by molar-refractivity contribution is 6.29. The zero-order chi connectivity index (χ0) is 15.4. The van der Waals surface area contributed by atoms with Crippen molar-refractivity contribution in [1.82, 2.24) is 9.97 Å². The zero-order valence-electron chi connectivity index (χ0n) is 12.4. The molecule has 0 amide bonds. The van der Waals surface area contributed by atoms with Crippen molar-refractivity contribution in [2.75, 3.05) is 21.3 Å². The molecule has 0 bridgehead atoms. The normalized spacial score (nSPS) is 10.3. The van der Waals surface area contributed by atoms with E-state index in [2.05, 4.69) is 9.97 Å². The topological polar surface area (TPSA) is 53.5 Å².